The molecule has 0 unspecified atom stereocenters. The van der Waals surface area contributed by atoms with Gasteiger partial charge in [0.25, 0.3) is 0 Å². The number of carbonyl (C=O) groups is 1. The van der Waals surface area contributed by atoms with E-state index in [2.05, 4.69) is 0 Å². The largest absolute Gasteiger partial charge is 0.478 e. The van der Waals surface area contributed by atoms with Crippen LogP contribution in [0.4, 0.5) is 0 Å². The molecule has 0 aliphatic heterocycles. The lowest BCUT2D eigenvalue weighted by molar-refractivity contribution is -0.132. The predicted molar refractivity (Wildman–Crippen MR) is 45.4 cm³/mol. The molecule has 0 saturated heterocycles. The van der Waals surface area contributed by atoms with Crippen LogP contribution in [0.2, 0.25) is 0 Å². The van der Waals surface area contributed by atoms with E-state index in [1.165, 1.54) is 0 Å². The summed E-state index contributed by atoms with van der Waals surface area (Å²) >= 11 is 0. The molecular weight excluding hydrogens is 140 g/mol. The molecule has 0 aromatic carbocycles. The highest BCUT2D eigenvalue weighted by molar-refractivity contribution is 5.87. The van der Waals surface area contributed by atoms with Gasteiger partial charge in [-0.25, -0.2) is 4.79 Å². The summed E-state index contributed by atoms with van der Waals surface area (Å²) in [4.78, 5) is 10.3. The molecule has 11 heavy (non-hydrogen) atoms. The van der Waals surface area contributed by atoms with Crippen molar-refractivity contribution in [1.82, 2.24) is 0 Å². The lowest BCUT2D eigenvalue weighted by Gasteiger charge is -2.00. The van der Waals surface area contributed by atoms with E-state index in [1.807, 2.05) is 19.9 Å². The second kappa shape index (κ2) is 5.71. The Morgan fingerprint density at radius 1 is 1.55 bits per heavy atom. The zero-order chi connectivity index (χ0) is 8.69. The Kier molecular flexibility index (Phi) is 5.17. The first kappa shape index (κ1) is 9.95. The smallest absolute Gasteiger partial charge is 0.331 e. The Bertz CT molecular complexity index is 178. The fourth-order valence-electron chi connectivity index (χ4n) is 0.781. The van der Waals surface area contributed by atoms with Crippen molar-refractivity contribution in [3.63, 3.8) is 0 Å². The number of carboxylic acids is 1. The van der Waals surface area contributed by atoms with Crippen LogP contribution in [0.25, 0.3) is 0 Å². The van der Waals surface area contributed by atoms with E-state index in [9.17, 15) is 4.79 Å². The summed E-state index contributed by atoms with van der Waals surface area (Å²) < 4.78 is 0. The monoisotopic (exact) mass is 154 g/mol. The first-order valence-corrected chi connectivity index (χ1v) is 3.89. The second-order valence-electron chi connectivity index (χ2n) is 1.96. The molecule has 2 heteroatoms. The quantitative estimate of drug-likeness (QED) is 0.629. The van der Waals surface area contributed by atoms with Crippen molar-refractivity contribution >= 4 is 5.97 Å². The summed E-state index contributed by atoms with van der Waals surface area (Å²) in [6.07, 6.45) is 6.93. The summed E-state index contributed by atoms with van der Waals surface area (Å²) in [6, 6.07) is 0. The molecule has 0 atom stereocenters. The van der Waals surface area contributed by atoms with Gasteiger partial charge in [0.1, 0.15) is 0 Å². The van der Waals surface area contributed by atoms with Gasteiger partial charge in [0, 0.05) is 5.57 Å². The molecule has 0 spiro atoms. The third-order valence-electron chi connectivity index (χ3n) is 1.29. The van der Waals surface area contributed by atoms with Gasteiger partial charge in [-0.05, 0) is 12.8 Å². The summed E-state index contributed by atoms with van der Waals surface area (Å²) in [5, 5.41) is 8.44. The minimum absolute atomic E-state index is 0.512. The molecule has 2 nitrogen and oxygen atoms in total. The molecule has 0 amide bonds. The average molecular weight is 154 g/mol. The molecule has 1 rings (SSSR count). The van der Waals surface area contributed by atoms with Gasteiger partial charge in [0.2, 0.25) is 0 Å². The van der Waals surface area contributed by atoms with E-state index >= 15 is 0 Å². The first-order chi connectivity index (χ1) is 5.30. The minimum Gasteiger partial charge on any atom is -0.478 e. The van der Waals surface area contributed by atoms with Crippen LogP contribution in [-0.2, 0) is 4.79 Å². The van der Waals surface area contributed by atoms with E-state index in [-0.39, 0.29) is 0 Å². The van der Waals surface area contributed by atoms with Gasteiger partial charge in [-0.2, -0.15) is 0 Å². The lowest BCUT2D eigenvalue weighted by Crippen LogP contribution is -2.01. The van der Waals surface area contributed by atoms with Crippen molar-refractivity contribution in [3.8, 4) is 0 Å². The fraction of sp³-hybridized carbons (Fsp3) is 0.444. The molecular formula is C9H14O2. The van der Waals surface area contributed by atoms with Gasteiger partial charge in [-0.1, -0.05) is 32.1 Å². The lowest BCUT2D eigenvalue weighted by atomic mass is 10.1. The number of hydrogen-bond donors (Lipinski definition) is 1. The summed E-state index contributed by atoms with van der Waals surface area (Å²) in [6.45, 7) is 4.00. The van der Waals surface area contributed by atoms with E-state index in [1.54, 1.807) is 12.2 Å². The van der Waals surface area contributed by atoms with Crippen molar-refractivity contribution in [2.45, 2.75) is 26.7 Å². The third-order valence-corrected chi connectivity index (χ3v) is 1.29. The summed E-state index contributed by atoms with van der Waals surface area (Å²) in [5.41, 5.74) is 0.512. The molecule has 0 aromatic rings. The van der Waals surface area contributed by atoms with Gasteiger partial charge in [0.05, 0.1) is 0 Å². The number of carboxylic acid groups (broad SMARTS) is 1. The highest BCUT2D eigenvalue weighted by Crippen LogP contribution is 2.10. The fourth-order valence-corrected chi connectivity index (χ4v) is 0.781. The van der Waals surface area contributed by atoms with E-state index < -0.39 is 5.97 Å². The van der Waals surface area contributed by atoms with Gasteiger partial charge >= 0.3 is 5.97 Å². The maximum atomic E-state index is 10.3. The topological polar surface area (TPSA) is 37.3 Å². The van der Waals surface area contributed by atoms with Crippen LogP contribution in [0.5, 0.6) is 0 Å². The van der Waals surface area contributed by atoms with E-state index in [0.29, 0.717) is 12.0 Å². The second-order valence-corrected chi connectivity index (χ2v) is 1.96. The predicted octanol–water partition coefficient (Wildman–Crippen LogP) is 2.37. The van der Waals surface area contributed by atoms with Crippen molar-refractivity contribution in [3.05, 3.63) is 23.8 Å². The van der Waals surface area contributed by atoms with Gasteiger partial charge in [0.15, 0.2) is 0 Å². The number of rotatable bonds is 1. The Morgan fingerprint density at radius 2 is 2.18 bits per heavy atom. The molecule has 0 aromatic heterocycles. The summed E-state index contributed by atoms with van der Waals surface area (Å²) in [5.74, 6) is -0.792. The van der Waals surface area contributed by atoms with Crippen LogP contribution in [0.1, 0.15) is 26.7 Å². The normalized spacial score (nSPS) is 14.5. The van der Waals surface area contributed by atoms with Crippen LogP contribution in [0.3, 0.4) is 0 Å². The highest BCUT2D eigenvalue weighted by atomic mass is 16.4. The van der Waals surface area contributed by atoms with E-state index in [0.717, 1.165) is 6.42 Å². The molecule has 1 N–H and O–H groups in total. The molecule has 62 valence electrons. The van der Waals surface area contributed by atoms with Crippen molar-refractivity contribution in [1.29, 1.82) is 0 Å². The molecule has 0 bridgehead atoms. The van der Waals surface area contributed by atoms with Crippen molar-refractivity contribution in [2.75, 3.05) is 0 Å². The molecule has 0 heterocycles. The molecule has 1 aliphatic carbocycles. The van der Waals surface area contributed by atoms with E-state index in [4.69, 9.17) is 5.11 Å². The van der Waals surface area contributed by atoms with Crippen LogP contribution in [0, 0.1) is 0 Å². The molecule has 1 aliphatic rings. The average Bonchev–Trinajstić information content (AvgIpc) is 2.10. The zero-order valence-corrected chi connectivity index (χ0v) is 7.00. The zero-order valence-electron chi connectivity index (χ0n) is 7.00. The maximum Gasteiger partial charge on any atom is 0.331 e. The van der Waals surface area contributed by atoms with Gasteiger partial charge < -0.3 is 5.11 Å². The maximum absolute atomic E-state index is 10.3. The molecule has 0 fully saturated rings. The van der Waals surface area contributed by atoms with Crippen LogP contribution < -0.4 is 0 Å². The molecule has 0 radical (unpaired) electrons. The Morgan fingerprint density at radius 3 is 2.45 bits per heavy atom. The number of allylic oxidation sites excluding steroid dienone is 3. The van der Waals surface area contributed by atoms with Gasteiger partial charge in [-0.15, -0.1) is 0 Å². The van der Waals surface area contributed by atoms with Crippen LogP contribution in [0.15, 0.2) is 23.8 Å². The Balaban J connectivity index is 0.000000461. The highest BCUT2D eigenvalue weighted by Gasteiger charge is 2.05. The molecule has 0 saturated carbocycles. The summed E-state index contributed by atoms with van der Waals surface area (Å²) in [7, 11) is 0. The van der Waals surface area contributed by atoms with Crippen LogP contribution in [-0.4, -0.2) is 11.1 Å². The Hall–Kier alpha value is -1.05. The van der Waals surface area contributed by atoms with Crippen LogP contribution >= 0.6 is 0 Å². The standard InChI is InChI=1S/C7H8O2.C2H6/c8-7(9)6-4-2-1-3-5-6;1-2/h1-2,4H,3,5H2,(H,8,9);1-2H3. The number of aliphatic carboxylic acids is 1. The SMILES string of the molecule is CC.O=C(O)C1=CC=CCC1. The van der Waals surface area contributed by atoms with Gasteiger partial charge in [-0.3, -0.25) is 0 Å². The number of hydrogen-bond acceptors (Lipinski definition) is 1. The van der Waals surface area contributed by atoms with Crippen molar-refractivity contribution in [2.24, 2.45) is 0 Å². The first-order valence-electron chi connectivity index (χ1n) is 3.89. The minimum atomic E-state index is -0.792. The van der Waals surface area contributed by atoms with Crippen molar-refractivity contribution < 1.29 is 9.90 Å². The Labute approximate surface area is 67.2 Å². The third kappa shape index (κ3) is 3.61.